The summed E-state index contributed by atoms with van der Waals surface area (Å²) in [6.45, 7) is 1.60. The zero-order valence-corrected chi connectivity index (χ0v) is 6.79. The summed E-state index contributed by atoms with van der Waals surface area (Å²) >= 11 is 0. The molecule has 0 aromatic rings. The smallest absolute Gasteiger partial charge is 0.238 e. The lowest BCUT2D eigenvalue weighted by molar-refractivity contribution is -0.136. The molecule has 11 heavy (non-hydrogen) atoms. The van der Waals surface area contributed by atoms with E-state index in [-0.39, 0.29) is 12.5 Å². The van der Waals surface area contributed by atoms with Crippen molar-refractivity contribution >= 4 is 5.91 Å². The molecule has 0 spiro atoms. The van der Waals surface area contributed by atoms with Crippen LogP contribution in [0, 0.1) is 0 Å². The Morgan fingerprint density at radius 2 is 2.36 bits per heavy atom. The molecule has 0 aromatic heterocycles. The average Bonchev–Trinajstić information content (AvgIpc) is 2.29. The van der Waals surface area contributed by atoms with E-state index in [1.54, 1.807) is 5.01 Å². The van der Waals surface area contributed by atoms with Crippen LogP contribution in [0.2, 0.25) is 0 Å². The molecule has 1 amide bonds. The standard InChI is InChI=1S/C7H14N2O2/c1-8-5-3-7(11)9(8)4-2-6-10/h10H,2-6H2,1H3. The number of hydrogen-bond acceptors (Lipinski definition) is 3. The predicted molar refractivity (Wildman–Crippen MR) is 40.7 cm³/mol. The maximum absolute atomic E-state index is 11.1. The highest BCUT2D eigenvalue weighted by Gasteiger charge is 2.24. The van der Waals surface area contributed by atoms with Crippen molar-refractivity contribution in [3.63, 3.8) is 0 Å². The number of amides is 1. The van der Waals surface area contributed by atoms with E-state index in [0.29, 0.717) is 19.4 Å². The third-order valence-electron chi connectivity index (χ3n) is 1.88. The highest BCUT2D eigenvalue weighted by molar-refractivity contribution is 5.77. The summed E-state index contributed by atoms with van der Waals surface area (Å²) in [7, 11) is 1.89. The Balaban J connectivity index is 2.35. The Hall–Kier alpha value is -0.610. The molecule has 0 bridgehead atoms. The summed E-state index contributed by atoms with van der Waals surface area (Å²) in [5.74, 6) is 0.168. The first-order valence-corrected chi connectivity index (χ1v) is 3.88. The molecule has 0 saturated carbocycles. The van der Waals surface area contributed by atoms with Gasteiger partial charge in [-0.05, 0) is 6.42 Å². The number of carbonyl (C=O) groups excluding carboxylic acids is 1. The Labute approximate surface area is 66.4 Å². The highest BCUT2D eigenvalue weighted by atomic mass is 16.3. The Bertz CT molecular complexity index is 149. The average molecular weight is 158 g/mol. The molecule has 0 unspecified atom stereocenters. The van der Waals surface area contributed by atoms with Gasteiger partial charge in [0.15, 0.2) is 0 Å². The molecule has 1 rings (SSSR count). The van der Waals surface area contributed by atoms with E-state index in [9.17, 15) is 4.79 Å². The number of carbonyl (C=O) groups is 1. The molecule has 64 valence electrons. The molecule has 0 atom stereocenters. The molecule has 1 N–H and O–H groups in total. The van der Waals surface area contributed by atoms with Crippen molar-refractivity contribution in [1.29, 1.82) is 0 Å². The van der Waals surface area contributed by atoms with Gasteiger partial charge < -0.3 is 5.11 Å². The van der Waals surface area contributed by atoms with E-state index in [0.717, 1.165) is 6.54 Å². The topological polar surface area (TPSA) is 43.8 Å². The Kier molecular flexibility index (Phi) is 2.84. The largest absolute Gasteiger partial charge is 0.396 e. The molecule has 1 aliphatic rings. The fourth-order valence-corrected chi connectivity index (χ4v) is 1.21. The zero-order valence-electron chi connectivity index (χ0n) is 6.79. The summed E-state index contributed by atoms with van der Waals surface area (Å²) in [5, 5.41) is 12.1. The zero-order chi connectivity index (χ0) is 8.27. The first-order valence-electron chi connectivity index (χ1n) is 3.88. The second-order valence-corrected chi connectivity index (χ2v) is 2.73. The molecule has 1 fully saturated rings. The molecule has 4 nitrogen and oxygen atoms in total. The molecule has 1 aliphatic heterocycles. The fraction of sp³-hybridized carbons (Fsp3) is 0.857. The first-order chi connectivity index (χ1) is 5.25. The number of nitrogens with zero attached hydrogens (tertiary/aromatic N) is 2. The van der Waals surface area contributed by atoms with Gasteiger partial charge in [-0.15, -0.1) is 0 Å². The second kappa shape index (κ2) is 3.69. The van der Waals surface area contributed by atoms with Gasteiger partial charge in [0, 0.05) is 33.2 Å². The lowest BCUT2D eigenvalue weighted by atomic mass is 10.4. The van der Waals surface area contributed by atoms with Crippen LogP contribution in [0.5, 0.6) is 0 Å². The monoisotopic (exact) mass is 158 g/mol. The predicted octanol–water partition coefficient (Wildman–Crippen LogP) is -0.552. The van der Waals surface area contributed by atoms with Gasteiger partial charge in [0.25, 0.3) is 0 Å². The molecule has 0 aliphatic carbocycles. The molecular weight excluding hydrogens is 144 g/mol. The SMILES string of the molecule is CN1CCC(=O)N1CCCO. The van der Waals surface area contributed by atoms with Crippen molar-refractivity contribution in [1.82, 2.24) is 10.0 Å². The minimum atomic E-state index is 0.150. The van der Waals surface area contributed by atoms with Crippen LogP contribution in [0.4, 0.5) is 0 Å². The van der Waals surface area contributed by atoms with E-state index in [1.807, 2.05) is 12.1 Å². The summed E-state index contributed by atoms with van der Waals surface area (Å²) < 4.78 is 0. The molecule has 4 heteroatoms. The van der Waals surface area contributed by atoms with Crippen molar-refractivity contribution in [2.45, 2.75) is 12.8 Å². The van der Waals surface area contributed by atoms with Gasteiger partial charge in [-0.1, -0.05) is 0 Å². The first kappa shape index (κ1) is 8.49. The van der Waals surface area contributed by atoms with E-state index in [2.05, 4.69) is 0 Å². The van der Waals surface area contributed by atoms with Gasteiger partial charge in [0.2, 0.25) is 5.91 Å². The van der Waals surface area contributed by atoms with Crippen molar-refractivity contribution in [3.05, 3.63) is 0 Å². The van der Waals surface area contributed by atoms with Crippen molar-refractivity contribution in [2.75, 3.05) is 26.7 Å². The van der Waals surface area contributed by atoms with E-state index in [1.165, 1.54) is 0 Å². The number of hydrazine groups is 1. The number of hydrogen-bond donors (Lipinski definition) is 1. The highest BCUT2D eigenvalue weighted by Crippen LogP contribution is 2.08. The minimum absolute atomic E-state index is 0.150. The van der Waals surface area contributed by atoms with Crippen LogP contribution in [0.1, 0.15) is 12.8 Å². The van der Waals surface area contributed by atoms with Gasteiger partial charge in [-0.25, -0.2) is 5.01 Å². The number of aliphatic hydroxyl groups excluding tert-OH is 1. The van der Waals surface area contributed by atoms with Gasteiger partial charge in [-0.3, -0.25) is 9.80 Å². The minimum Gasteiger partial charge on any atom is -0.396 e. The molecule has 0 aromatic carbocycles. The van der Waals surface area contributed by atoms with Crippen molar-refractivity contribution in [3.8, 4) is 0 Å². The quantitative estimate of drug-likeness (QED) is 0.599. The Morgan fingerprint density at radius 1 is 1.64 bits per heavy atom. The van der Waals surface area contributed by atoms with Crippen LogP contribution >= 0.6 is 0 Å². The summed E-state index contributed by atoms with van der Waals surface area (Å²) in [6.07, 6.45) is 1.28. The number of aliphatic hydroxyl groups is 1. The van der Waals surface area contributed by atoms with Crippen LogP contribution in [-0.4, -0.2) is 47.8 Å². The van der Waals surface area contributed by atoms with Crippen molar-refractivity contribution in [2.24, 2.45) is 0 Å². The second-order valence-electron chi connectivity index (χ2n) is 2.73. The lowest BCUT2D eigenvalue weighted by Crippen LogP contribution is -2.37. The lowest BCUT2D eigenvalue weighted by Gasteiger charge is -2.23. The van der Waals surface area contributed by atoms with Gasteiger partial charge in [0.05, 0.1) is 0 Å². The van der Waals surface area contributed by atoms with E-state index < -0.39 is 0 Å². The third kappa shape index (κ3) is 1.91. The molecule has 0 radical (unpaired) electrons. The molecule has 1 heterocycles. The summed E-state index contributed by atoms with van der Waals surface area (Å²) in [4.78, 5) is 11.1. The van der Waals surface area contributed by atoms with Gasteiger partial charge in [-0.2, -0.15) is 0 Å². The maximum atomic E-state index is 11.1. The maximum Gasteiger partial charge on any atom is 0.238 e. The van der Waals surface area contributed by atoms with Gasteiger partial charge >= 0.3 is 0 Å². The molecular formula is C7H14N2O2. The summed E-state index contributed by atoms with van der Waals surface area (Å²) in [6, 6.07) is 0. The van der Waals surface area contributed by atoms with E-state index in [4.69, 9.17) is 5.11 Å². The van der Waals surface area contributed by atoms with Crippen LogP contribution < -0.4 is 0 Å². The van der Waals surface area contributed by atoms with Crippen molar-refractivity contribution < 1.29 is 9.90 Å². The van der Waals surface area contributed by atoms with E-state index >= 15 is 0 Å². The Morgan fingerprint density at radius 3 is 2.82 bits per heavy atom. The van der Waals surface area contributed by atoms with Gasteiger partial charge in [0.1, 0.15) is 0 Å². The summed E-state index contributed by atoms with van der Waals surface area (Å²) in [5.41, 5.74) is 0. The van der Waals surface area contributed by atoms with Crippen LogP contribution in [0.25, 0.3) is 0 Å². The fourth-order valence-electron chi connectivity index (χ4n) is 1.21. The van der Waals surface area contributed by atoms with Crippen LogP contribution in [0.15, 0.2) is 0 Å². The van der Waals surface area contributed by atoms with Crippen LogP contribution in [0.3, 0.4) is 0 Å². The third-order valence-corrected chi connectivity index (χ3v) is 1.88. The van der Waals surface area contributed by atoms with Crippen LogP contribution in [-0.2, 0) is 4.79 Å². The molecule has 1 saturated heterocycles. The normalized spacial score (nSPS) is 19.8. The number of rotatable bonds is 3.